The number of ether oxygens (including phenoxy) is 3. The summed E-state index contributed by atoms with van der Waals surface area (Å²) in [5, 5.41) is 11.2. The molecule has 0 aliphatic heterocycles. The average Bonchev–Trinajstić information content (AvgIpc) is 3.12. The molecule has 53 heavy (non-hydrogen) atoms. The molecular weight excluding hydrogens is 672 g/mol. The van der Waals surface area contributed by atoms with Gasteiger partial charge in [-0.05, 0) is 63.9 Å². The van der Waals surface area contributed by atoms with Gasteiger partial charge in [-0.3, -0.25) is 20.0 Å². The number of nitrogens with zero attached hydrogens (tertiary/aromatic N) is 2. The van der Waals surface area contributed by atoms with Crippen LogP contribution in [0.1, 0.15) is 64.3 Å². The van der Waals surface area contributed by atoms with Gasteiger partial charge >= 0.3 is 6.03 Å². The Kier molecular flexibility index (Phi) is 15.1. The van der Waals surface area contributed by atoms with Crippen molar-refractivity contribution >= 4 is 28.7 Å². The van der Waals surface area contributed by atoms with Crippen LogP contribution in [-0.4, -0.2) is 72.6 Å². The fourth-order valence-electron chi connectivity index (χ4n) is 5.94. The van der Waals surface area contributed by atoms with Crippen molar-refractivity contribution in [3.8, 4) is 5.75 Å². The second kappa shape index (κ2) is 19.7. The highest BCUT2D eigenvalue weighted by atomic mass is 16.7. The second-order valence-electron chi connectivity index (χ2n) is 13.9. The smallest absolute Gasteiger partial charge is 0.329 e. The zero-order chi connectivity index (χ0) is 38.4. The molecule has 284 valence electrons. The predicted molar refractivity (Wildman–Crippen MR) is 206 cm³/mol. The summed E-state index contributed by atoms with van der Waals surface area (Å²) < 4.78 is 18.0. The lowest BCUT2D eigenvalue weighted by Crippen LogP contribution is -2.54. The minimum absolute atomic E-state index is 0.192. The molecule has 4 aromatic rings. The quantitative estimate of drug-likeness (QED) is 0.0759. The number of likely N-dealkylation sites (N-methyl/N-ethyl adjacent to an activating group) is 1. The molecule has 0 spiro atoms. The van der Waals surface area contributed by atoms with Gasteiger partial charge in [-0.1, -0.05) is 73.7 Å². The maximum atomic E-state index is 14.4. The number of para-hydroxylation sites is 1. The fourth-order valence-corrected chi connectivity index (χ4v) is 5.94. The maximum absolute atomic E-state index is 14.4. The van der Waals surface area contributed by atoms with Crippen LogP contribution in [0.5, 0.6) is 5.75 Å². The number of fused-ring (bicyclic) bond motifs is 1. The normalized spacial score (nSPS) is 13.3. The molecule has 1 unspecified atom stereocenters. The van der Waals surface area contributed by atoms with Gasteiger partial charge in [0.1, 0.15) is 17.4 Å². The Bertz CT molecular complexity index is 1750. The number of pyridine rings is 1. The van der Waals surface area contributed by atoms with E-state index in [0.29, 0.717) is 25.5 Å². The van der Waals surface area contributed by atoms with Crippen LogP contribution in [0.4, 0.5) is 4.79 Å². The summed E-state index contributed by atoms with van der Waals surface area (Å²) in [6, 6.07) is 24.6. The summed E-state index contributed by atoms with van der Waals surface area (Å²) in [4.78, 5) is 45.2. The minimum atomic E-state index is -0.979. The van der Waals surface area contributed by atoms with Crippen molar-refractivity contribution in [2.24, 2.45) is 5.92 Å². The standard InChI is InChI=1S/C41H54N6O6/c1-8-51-39(52-9-2)28(3)36(33-19-13-17-31-18-14-24-42-37(31)33)45-38(49)34(25-29-20-22-32(23-21-29)53-41(4,5)6)44-35(48)27-47(7)46-40(50)43-26-30-15-11-10-12-16-30/h10-24,28,34,36,39H,8-9,25-27H2,1-7H3,(H,44,48)(H,45,49)(H2,43,46,50)/t28-,34?,36-/m0/s1. The van der Waals surface area contributed by atoms with Crippen molar-refractivity contribution < 1.29 is 28.6 Å². The zero-order valence-electron chi connectivity index (χ0n) is 31.8. The number of aromatic nitrogens is 1. The number of urea groups is 1. The molecular formula is C41H54N6O6. The van der Waals surface area contributed by atoms with Gasteiger partial charge in [0.15, 0.2) is 6.29 Å². The third-order valence-electron chi connectivity index (χ3n) is 8.32. The highest BCUT2D eigenvalue weighted by molar-refractivity contribution is 5.90. The van der Waals surface area contributed by atoms with E-state index >= 15 is 0 Å². The molecule has 12 nitrogen and oxygen atoms in total. The number of hydrogen-bond acceptors (Lipinski definition) is 8. The van der Waals surface area contributed by atoms with E-state index in [1.165, 1.54) is 5.01 Å². The Hall–Kier alpha value is -5.04. The van der Waals surface area contributed by atoms with E-state index < -0.39 is 36.2 Å². The Morgan fingerprint density at radius 1 is 0.830 bits per heavy atom. The van der Waals surface area contributed by atoms with Gasteiger partial charge in [-0.25, -0.2) is 9.80 Å². The van der Waals surface area contributed by atoms with Crippen molar-refractivity contribution in [1.82, 2.24) is 31.4 Å². The lowest BCUT2D eigenvalue weighted by molar-refractivity contribution is -0.170. The number of rotatable bonds is 18. The summed E-state index contributed by atoms with van der Waals surface area (Å²) >= 11 is 0. The van der Waals surface area contributed by atoms with Crippen molar-refractivity contribution in [1.29, 1.82) is 0 Å². The molecule has 3 aromatic carbocycles. The van der Waals surface area contributed by atoms with E-state index in [-0.39, 0.29) is 24.5 Å². The van der Waals surface area contributed by atoms with Crippen LogP contribution in [0.15, 0.2) is 91.1 Å². The third kappa shape index (κ3) is 12.8. The van der Waals surface area contributed by atoms with Gasteiger partial charge < -0.3 is 30.2 Å². The predicted octanol–water partition coefficient (Wildman–Crippen LogP) is 5.68. The van der Waals surface area contributed by atoms with E-state index in [4.69, 9.17) is 14.2 Å². The first-order valence-electron chi connectivity index (χ1n) is 18.1. The number of carbonyl (C=O) groups is 3. The van der Waals surface area contributed by atoms with Crippen LogP contribution in [0, 0.1) is 5.92 Å². The number of benzene rings is 3. The molecule has 0 saturated carbocycles. The lowest BCUT2D eigenvalue weighted by Gasteiger charge is -2.33. The van der Waals surface area contributed by atoms with E-state index in [0.717, 1.165) is 27.6 Å². The largest absolute Gasteiger partial charge is 0.488 e. The van der Waals surface area contributed by atoms with Crippen LogP contribution < -0.4 is 26.1 Å². The van der Waals surface area contributed by atoms with Gasteiger partial charge in [0.2, 0.25) is 11.8 Å². The Labute approximate surface area is 313 Å². The van der Waals surface area contributed by atoms with Crippen LogP contribution in [0.3, 0.4) is 0 Å². The summed E-state index contributed by atoms with van der Waals surface area (Å²) in [6.45, 7) is 12.6. The first-order chi connectivity index (χ1) is 25.4. The molecule has 0 fully saturated rings. The van der Waals surface area contributed by atoms with Gasteiger partial charge in [0.25, 0.3) is 0 Å². The first kappa shape index (κ1) is 40.7. The van der Waals surface area contributed by atoms with Crippen LogP contribution >= 0.6 is 0 Å². The summed E-state index contributed by atoms with van der Waals surface area (Å²) in [5.41, 5.74) is 5.58. The van der Waals surface area contributed by atoms with E-state index in [1.807, 2.05) is 126 Å². The Morgan fingerprint density at radius 2 is 1.51 bits per heavy atom. The molecule has 1 aromatic heterocycles. The molecule has 4 N–H and O–H groups in total. The summed E-state index contributed by atoms with van der Waals surface area (Å²) in [7, 11) is 1.58. The maximum Gasteiger partial charge on any atom is 0.329 e. The number of carbonyl (C=O) groups excluding carboxylic acids is 3. The number of amides is 4. The number of nitrogens with one attached hydrogen (secondary N) is 4. The van der Waals surface area contributed by atoms with Gasteiger partial charge in [0, 0.05) is 56.3 Å². The highest BCUT2D eigenvalue weighted by Crippen LogP contribution is 2.31. The molecule has 4 rings (SSSR count). The zero-order valence-corrected chi connectivity index (χ0v) is 31.8. The van der Waals surface area contributed by atoms with Crippen molar-refractivity contribution in [2.75, 3.05) is 26.8 Å². The minimum Gasteiger partial charge on any atom is -0.488 e. The topological polar surface area (TPSA) is 143 Å². The summed E-state index contributed by atoms with van der Waals surface area (Å²) in [6.07, 6.45) is 1.29. The van der Waals surface area contributed by atoms with E-state index in [2.05, 4.69) is 26.4 Å². The Morgan fingerprint density at radius 3 is 2.17 bits per heavy atom. The first-order valence-corrected chi connectivity index (χ1v) is 18.1. The van der Waals surface area contributed by atoms with Crippen molar-refractivity contribution in [2.45, 2.75) is 78.5 Å². The highest BCUT2D eigenvalue weighted by Gasteiger charge is 2.33. The van der Waals surface area contributed by atoms with Crippen molar-refractivity contribution in [3.05, 3.63) is 108 Å². The summed E-state index contributed by atoms with van der Waals surface area (Å²) in [5.74, 6) is -0.510. The molecule has 0 aliphatic rings. The average molecular weight is 727 g/mol. The molecule has 0 saturated heterocycles. The fraction of sp³-hybridized carbons (Fsp3) is 0.415. The SMILES string of the molecule is CCOC(OCC)[C@@H](C)[C@H](NC(=O)C(Cc1ccc(OC(C)(C)C)cc1)NC(=O)CN(C)NC(=O)NCc1ccccc1)c1cccc2cccnc12. The van der Waals surface area contributed by atoms with Crippen LogP contribution in [0.2, 0.25) is 0 Å². The van der Waals surface area contributed by atoms with Gasteiger partial charge in [0.05, 0.1) is 18.1 Å². The molecule has 0 bridgehead atoms. The van der Waals surface area contributed by atoms with Crippen molar-refractivity contribution in [3.63, 3.8) is 0 Å². The molecule has 1 heterocycles. The molecule has 0 radical (unpaired) electrons. The third-order valence-corrected chi connectivity index (χ3v) is 8.32. The molecule has 12 heteroatoms. The number of hydrazine groups is 1. The van der Waals surface area contributed by atoms with Crippen LogP contribution in [0.25, 0.3) is 10.9 Å². The van der Waals surface area contributed by atoms with E-state index in [1.54, 1.807) is 13.2 Å². The molecule has 3 atom stereocenters. The monoisotopic (exact) mass is 726 g/mol. The molecule has 4 amide bonds. The lowest BCUT2D eigenvalue weighted by atomic mass is 9.91. The van der Waals surface area contributed by atoms with E-state index in [9.17, 15) is 14.4 Å². The van der Waals surface area contributed by atoms with Crippen LogP contribution in [-0.2, 0) is 32.0 Å². The number of hydrogen-bond donors (Lipinski definition) is 4. The Balaban J connectivity index is 1.57. The second-order valence-corrected chi connectivity index (χ2v) is 13.9. The molecule has 0 aliphatic carbocycles. The van der Waals surface area contributed by atoms with Gasteiger partial charge in [-0.2, -0.15) is 0 Å². The van der Waals surface area contributed by atoms with Gasteiger partial charge in [-0.15, -0.1) is 0 Å².